The molecule has 0 aliphatic carbocycles. The molecule has 90 valence electrons. The SMILES string of the molecule is COCCC(C)S(=O)c1cccc(N)c1C. The van der Waals surface area contributed by atoms with Gasteiger partial charge in [0.2, 0.25) is 0 Å². The number of hydrogen-bond acceptors (Lipinski definition) is 3. The lowest BCUT2D eigenvalue weighted by Crippen LogP contribution is -2.14. The van der Waals surface area contributed by atoms with Gasteiger partial charge < -0.3 is 10.5 Å². The van der Waals surface area contributed by atoms with Crippen LogP contribution in [-0.4, -0.2) is 23.2 Å². The number of benzene rings is 1. The number of nitrogen functional groups attached to an aromatic ring is 1. The molecule has 0 heterocycles. The van der Waals surface area contributed by atoms with Crippen molar-refractivity contribution in [1.29, 1.82) is 0 Å². The number of hydrogen-bond donors (Lipinski definition) is 1. The second-order valence-corrected chi connectivity index (χ2v) is 5.70. The zero-order chi connectivity index (χ0) is 12.1. The van der Waals surface area contributed by atoms with Crippen molar-refractivity contribution in [2.24, 2.45) is 0 Å². The van der Waals surface area contributed by atoms with Crippen LogP contribution in [0.3, 0.4) is 0 Å². The van der Waals surface area contributed by atoms with E-state index in [9.17, 15) is 4.21 Å². The monoisotopic (exact) mass is 241 g/mol. The first-order valence-electron chi connectivity index (χ1n) is 5.32. The normalized spacial score (nSPS) is 14.7. The second kappa shape index (κ2) is 6.01. The highest BCUT2D eigenvalue weighted by molar-refractivity contribution is 7.85. The molecule has 0 amide bonds. The fourth-order valence-corrected chi connectivity index (χ4v) is 2.83. The van der Waals surface area contributed by atoms with E-state index in [1.807, 2.05) is 32.0 Å². The first kappa shape index (κ1) is 13.2. The minimum atomic E-state index is -1.01. The quantitative estimate of drug-likeness (QED) is 0.803. The number of anilines is 1. The van der Waals surface area contributed by atoms with Crippen molar-refractivity contribution < 1.29 is 8.95 Å². The molecule has 0 spiro atoms. The summed E-state index contributed by atoms with van der Waals surface area (Å²) in [6, 6.07) is 5.56. The van der Waals surface area contributed by atoms with Crippen LogP contribution in [-0.2, 0) is 15.5 Å². The third kappa shape index (κ3) is 3.06. The van der Waals surface area contributed by atoms with E-state index in [4.69, 9.17) is 10.5 Å². The van der Waals surface area contributed by atoms with Crippen molar-refractivity contribution in [2.75, 3.05) is 19.5 Å². The van der Waals surface area contributed by atoms with E-state index >= 15 is 0 Å². The van der Waals surface area contributed by atoms with Gasteiger partial charge in [-0.2, -0.15) is 0 Å². The first-order chi connectivity index (χ1) is 7.57. The third-order valence-corrected chi connectivity index (χ3v) is 4.48. The zero-order valence-electron chi connectivity index (χ0n) is 10.0. The van der Waals surface area contributed by atoms with Gasteiger partial charge in [0.15, 0.2) is 0 Å². The van der Waals surface area contributed by atoms with Crippen LogP contribution >= 0.6 is 0 Å². The van der Waals surface area contributed by atoms with Crippen molar-refractivity contribution in [3.05, 3.63) is 23.8 Å². The summed E-state index contributed by atoms with van der Waals surface area (Å²) in [6.07, 6.45) is 0.789. The van der Waals surface area contributed by atoms with Crippen LogP contribution < -0.4 is 5.73 Å². The molecular weight excluding hydrogens is 222 g/mol. The minimum Gasteiger partial charge on any atom is -0.398 e. The Balaban J connectivity index is 2.84. The summed E-state index contributed by atoms with van der Waals surface area (Å²) in [5.41, 5.74) is 7.42. The summed E-state index contributed by atoms with van der Waals surface area (Å²) < 4.78 is 17.2. The van der Waals surface area contributed by atoms with E-state index in [1.54, 1.807) is 7.11 Å². The van der Waals surface area contributed by atoms with Gasteiger partial charge in [0, 0.05) is 29.5 Å². The molecule has 4 heteroatoms. The van der Waals surface area contributed by atoms with Crippen molar-refractivity contribution in [1.82, 2.24) is 0 Å². The lowest BCUT2D eigenvalue weighted by atomic mass is 10.2. The topological polar surface area (TPSA) is 52.3 Å². The molecule has 0 aromatic heterocycles. The maximum atomic E-state index is 12.2. The van der Waals surface area contributed by atoms with Crippen molar-refractivity contribution in [2.45, 2.75) is 30.4 Å². The van der Waals surface area contributed by atoms with Crippen molar-refractivity contribution >= 4 is 16.5 Å². The fraction of sp³-hybridized carbons (Fsp3) is 0.500. The van der Waals surface area contributed by atoms with Gasteiger partial charge in [-0.05, 0) is 31.0 Å². The largest absolute Gasteiger partial charge is 0.398 e. The Kier molecular flexibility index (Phi) is 4.96. The highest BCUT2D eigenvalue weighted by atomic mass is 32.2. The van der Waals surface area contributed by atoms with E-state index < -0.39 is 10.8 Å². The molecular formula is C12H19NO2S. The van der Waals surface area contributed by atoms with Gasteiger partial charge in [0.25, 0.3) is 0 Å². The summed E-state index contributed by atoms with van der Waals surface area (Å²) in [7, 11) is 0.643. The molecule has 0 bridgehead atoms. The number of nitrogens with two attached hydrogens (primary N) is 1. The molecule has 0 aliphatic heterocycles. The molecule has 16 heavy (non-hydrogen) atoms. The third-order valence-electron chi connectivity index (χ3n) is 2.64. The van der Waals surface area contributed by atoms with Crippen LogP contribution in [0.25, 0.3) is 0 Å². The molecule has 2 N–H and O–H groups in total. The minimum absolute atomic E-state index is 0.0837. The van der Waals surface area contributed by atoms with Gasteiger partial charge in [-0.15, -0.1) is 0 Å². The van der Waals surface area contributed by atoms with Crippen molar-refractivity contribution in [3.63, 3.8) is 0 Å². The fourth-order valence-electron chi connectivity index (χ4n) is 1.46. The van der Waals surface area contributed by atoms with Crippen LogP contribution in [0.15, 0.2) is 23.1 Å². The second-order valence-electron chi connectivity index (χ2n) is 3.86. The highest BCUT2D eigenvalue weighted by Crippen LogP contribution is 2.22. The predicted octanol–water partition coefficient (Wildman–Crippen LogP) is 2.11. The highest BCUT2D eigenvalue weighted by Gasteiger charge is 2.15. The average Bonchev–Trinajstić information content (AvgIpc) is 2.28. The lowest BCUT2D eigenvalue weighted by Gasteiger charge is -2.13. The van der Waals surface area contributed by atoms with Crippen LogP contribution in [0.5, 0.6) is 0 Å². The molecule has 0 saturated heterocycles. The Morgan fingerprint density at radius 2 is 2.19 bits per heavy atom. The number of methoxy groups -OCH3 is 1. The molecule has 1 aromatic carbocycles. The summed E-state index contributed by atoms with van der Waals surface area (Å²) in [4.78, 5) is 0.837. The standard InChI is InChI=1S/C12H19NO2S/c1-9(7-8-15-3)16(14)12-6-4-5-11(13)10(12)2/h4-6,9H,7-8,13H2,1-3H3. The molecule has 2 unspecified atom stereocenters. The maximum absolute atomic E-state index is 12.2. The Morgan fingerprint density at radius 3 is 2.81 bits per heavy atom. The summed E-state index contributed by atoms with van der Waals surface area (Å²) >= 11 is 0. The Bertz CT molecular complexity index is 379. The zero-order valence-corrected chi connectivity index (χ0v) is 10.8. The molecule has 0 saturated carbocycles. The van der Waals surface area contributed by atoms with Crippen molar-refractivity contribution in [3.8, 4) is 0 Å². The van der Waals surface area contributed by atoms with Crippen LogP contribution in [0.1, 0.15) is 18.9 Å². The van der Waals surface area contributed by atoms with E-state index in [1.165, 1.54) is 0 Å². The van der Waals surface area contributed by atoms with Gasteiger partial charge in [-0.25, -0.2) is 0 Å². The van der Waals surface area contributed by atoms with E-state index in [0.717, 1.165) is 16.9 Å². The van der Waals surface area contributed by atoms with Gasteiger partial charge in [0.05, 0.1) is 10.8 Å². The van der Waals surface area contributed by atoms with Crippen LogP contribution in [0, 0.1) is 6.92 Å². The van der Waals surface area contributed by atoms with Crippen LogP contribution in [0.2, 0.25) is 0 Å². The average molecular weight is 241 g/mol. The number of rotatable bonds is 5. The van der Waals surface area contributed by atoms with E-state index in [2.05, 4.69) is 0 Å². The molecule has 0 fully saturated rings. The molecule has 0 radical (unpaired) electrons. The number of ether oxygens (including phenoxy) is 1. The van der Waals surface area contributed by atoms with Gasteiger partial charge in [0.1, 0.15) is 0 Å². The Hall–Kier alpha value is -0.870. The Morgan fingerprint density at radius 1 is 1.50 bits per heavy atom. The summed E-state index contributed by atoms with van der Waals surface area (Å²) in [5, 5.41) is 0.0837. The Labute approximate surface area is 99.4 Å². The maximum Gasteiger partial charge on any atom is 0.0562 e. The van der Waals surface area contributed by atoms with Crippen LogP contribution in [0.4, 0.5) is 5.69 Å². The molecule has 1 rings (SSSR count). The summed E-state index contributed by atoms with van der Waals surface area (Å²) in [6.45, 7) is 4.51. The molecule has 2 atom stereocenters. The first-order valence-corrected chi connectivity index (χ1v) is 6.53. The molecule has 0 aliphatic rings. The lowest BCUT2D eigenvalue weighted by molar-refractivity contribution is 0.195. The van der Waals surface area contributed by atoms with Gasteiger partial charge >= 0.3 is 0 Å². The van der Waals surface area contributed by atoms with E-state index in [0.29, 0.717) is 12.3 Å². The van der Waals surface area contributed by atoms with Gasteiger partial charge in [-0.1, -0.05) is 13.0 Å². The smallest absolute Gasteiger partial charge is 0.0562 e. The summed E-state index contributed by atoms with van der Waals surface area (Å²) in [5.74, 6) is 0. The molecule has 3 nitrogen and oxygen atoms in total. The predicted molar refractivity (Wildman–Crippen MR) is 68.0 cm³/mol. The van der Waals surface area contributed by atoms with Gasteiger partial charge in [-0.3, -0.25) is 4.21 Å². The molecule has 1 aromatic rings. The van der Waals surface area contributed by atoms with E-state index in [-0.39, 0.29) is 5.25 Å².